The van der Waals surface area contributed by atoms with Gasteiger partial charge in [-0.3, -0.25) is 4.79 Å². The van der Waals surface area contributed by atoms with E-state index in [9.17, 15) is 13.2 Å². The van der Waals surface area contributed by atoms with E-state index in [2.05, 4.69) is 9.97 Å². The Hall–Kier alpha value is -1.74. The summed E-state index contributed by atoms with van der Waals surface area (Å²) in [7, 11) is -3.40. The maximum absolute atomic E-state index is 12.7. The Morgan fingerprint density at radius 3 is 2.31 bits per heavy atom. The van der Waals surface area contributed by atoms with Crippen LogP contribution in [0, 0.1) is 0 Å². The number of sulfonamides is 1. The smallest absolute Gasteiger partial charge is 0.238 e. The molecule has 0 aromatic carbocycles. The monoisotopic (exact) mass is 381 g/mol. The van der Waals surface area contributed by atoms with Gasteiger partial charge in [-0.1, -0.05) is 19.3 Å². The molecule has 0 unspecified atom stereocenters. The third kappa shape index (κ3) is 4.70. The largest absolute Gasteiger partial charge is 0.338 e. The fraction of sp³-hybridized carbons (Fsp3) is 0.706. The first-order valence-electron chi connectivity index (χ1n) is 9.22. The summed E-state index contributed by atoms with van der Waals surface area (Å²) in [6.07, 6.45) is 9.51. The number of hydrogen-bond donors (Lipinski definition) is 0. The molecule has 0 bridgehead atoms. The van der Waals surface area contributed by atoms with Gasteiger partial charge in [-0.15, -0.1) is 0 Å². The molecule has 2 heterocycles. The SMILES string of the molecule is CS(=O)(=O)N(CC(=O)N1CCN(c2ncccn2)CC1)C1CCCCC1. The van der Waals surface area contributed by atoms with Gasteiger partial charge in [0.2, 0.25) is 21.9 Å². The van der Waals surface area contributed by atoms with E-state index in [1.165, 1.54) is 10.6 Å². The van der Waals surface area contributed by atoms with Crippen molar-refractivity contribution in [1.82, 2.24) is 19.2 Å². The minimum absolute atomic E-state index is 0.0401. The van der Waals surface area contributed by atoms with Crippen molar-refractivity contribution in [2.75, 3.05) is 43.9 Å². The summed E-state index contributed by atoms with van der Waals surface area (Å²) in [5.74, 6) is 0.550. The van der Waals surface area contributed by atoms with E-state index in [1.54, 1.807) is 23.4 Å². The zero-order valence-corrected chi connectivity index (χ0v) is 16.1. The molecule has 0 atom stereocenters. The van der Waals surface area contributed by atoms with Crippen LogP contribution in [0.25, 0.3) is 0 Å². The third-order valence-electron chi connectivity index (χ3n) is 5.17. The van der Waals surface area contributed by atoms with E-state index in [4.69, 9.17) is 0 Å². The third-order valence-corrected chi connectivity index (χ3v) is 6.45. The number of carbonyl (C=O) groups is 1. The lowest BCUT2D eigenvalue weighted by molar-refractivity contribution is -0.132. The van der Waals surface area contributed by atoms with Crippen molar-refractivity contribution in [1.29, 1.82) is 0 Å². The van der Waals surface area contributed by atoms with Crippen molar-refractivity contribution in [2.45, 2.75) is 38.1 Å². The second-order valence-corrected chi connectivity index (χ2v) is 8.95. The molecule has 0 radical (unpaired) electrons. The molecule has 1 aliphatic heterocycles. The quantitative estimate of drug-likeness (QED) is 0.747. The van der Waals surface area contributed by atoms with Crippen molar-refractivity contribution < 1.29 is 13.2 Å². The minimum Gasteiger partial charge on any atom is -0.338 e. The Bertz CT molecular complexity index is 698. The van der Waals surface area contributed by atoms with Gasteiger partial charge in [0.25, 0.3) is 0 Å². The highest BCUT2D eigenvalue weighted by atomic mass is 32.2. The van der Waals surface area contributed by atoms with Gasteiger partial charge in [-0.05, 0) is 18.9 Å². The van der Waals surface area contributed by atoms with Gasteiger partial charge in [0.15, 0.2) is 0 Å². The number of carbonyl (C=O) groups excluding carboxylic acids is 1. The highest BCUT2D eigenvalue weighted by Gasteiger charge is 2.32. The molecule has 1 amide bonds. The highest BCUT2D eigenvalue weighted by Crippen LogP contribution is 2.24. The molecule has 144 valence electrons. The van der Waals surface area contributed by atoms with E-state index in [-0.39, 0.29) is 18.5 Å². The zero-order chi connectivity index (χ0) is 18.6. The maximum Gasteiger partial charge on any atom is 0.238 e. The Morgan fingerprint density at radius 1 is 1.12 bits per heavy atom. The van der Waals surface area contributed by atoms with Gasteiger partial charge in [-0.25, -0.2) is 18.4 Å². The standard InChI is InChI=1S/C17H27N5O3S/c1-26(24,25)22(15-6-3-2-4-7-15)14-16(23)20-10-12-21(13-11-20)17-18-8-5-9-19-17/h5,8-9,15H,2-4,6-7,10-14H2,1H3. The van der Waals surface area contributed by atoms with E-state index in [1.807, 2.05) is 4.90 Å². The Labute approximate surface area is 155 Å². The molecule has 0 N–H and O–H groups in total. The molecule has 26 heavy (non-hydrogen) atoms. The van der Waals surface area contributed by atoms with Gasteiger partial charge in [0, 0.05) is 44.6 Å². The predicted molar refractivity (Wildman–Crippen MR) is 99.2 cm³/mol. The summed E-state index contributed by atoms with van der Waals surface area (Å²) in [6.45, 7) is 2.36. The summed E-state index contributed by atoms with van der Waals surface area (Å²) in [5.41, 5.74) is 0. The molecular formula is C17H27N5O3S. The van der Waals surface area contributed by atoms with E-state index in [0.717, 1.165) is 32.1 Å². The van der Waals surface area contributed by atoms with Crippen LogP contribution >= 0.6 is 0 Å². The second kappa shape index (κ2) is 8.30. The van der Waals surface area contributed by atoms with Crippen LogP contribution in [0.2, 0.25) is 0 Å². The summed E-state index contributed by atoms with van der Waals surface area (Å²) < 4.78 is 25.9. The number of hydrogen-bond acceptors (Lipinski definition) is 6. The van der Waals surface area contributed by atoms with E-state index < -0.39 is 10.0 Å². The molecule has 3 rings (SSSR count). The summed E-state index contributed by atoms with van der Waals surface area (Å²) in [6, 6.07) is 1.73. The number of piperazine rings is 1. The van der Waals surface area contributed by atoms with Crippen LogP contribution in [0.5, 0.6) is 0 Å². The zero-order valence-electron chi connectivity index (χ0n) is 15.2. The summed E-state index contributed by atoms with van der Waals surface area (Å²) in [5, 5.41) is 0. The number of rotatable bonds is 5. The van der Waals surface area contributed by atoms with Crippen molar-refractivity contribution in [3.63, 3.8) is 0 Å². The van der Waals surface area contributed by atoms with Crippen LogP contribution in [0.4, 0.5) is 5.95 Å². The van der Waals surface area contributed by atoms with Crippen LogP contribution in [-0.4, -0.2) is 78.5 Å². The molecular weight excluding hydrogens is 354 g/mol. The first-order chi connectivity index (χ1) is 12.4. The number of anilines is 1. The van der Waals surface area contributed by atoms with Gasteiger partial charge in [-0.2, -0.15) is 4.31 Å². The molecule has 1 saturated carbocycles. The number of nitrogens with zero attached hydrogens (tertiary/aromatic N) is 5. The lowest BCUT2D eigenvalue weighted by Crippen LogP contribution is -2.53. The normalized spacial score (nSPS) is 19.8. The molecule has 0 spiro atoms. The van der Waals surface area contributed by atoms with E-state index >= 15 is 0 Å². The fourth-order valence-corrected chi connectivity index (χ4v) is 4.83. The van der Waals surface area contributed by atoms with Crippen LogP contribution in [0.3, 0.4) is 0 Å². The Balaban J connectivity index is 1.58. The van der Waals surface area contributed by atoms with Gasteiger partial charge in [0.1, 0.15) is 0 Å². The predicted octanol–water partition coefficient (Wildman–Crippen LogP) is 0.720. The fourth-order valence-electron chi connectivity index (χ4n) is 3.73. The molecule has 1 aromatic heterocycles. The molecule has 1 aliphatic carbocycles. The van der Waals surface area contributed by atoms with E-state index in [0.29, 0.717) is 32.1 Å². The molecule has 1 aromatic rings. The molecule has 2 aliphatic rings. The average molecular weight is 382 g/mol. The van der Waals surface area contributed by atoms with Gasteiger partial charge >= 0.3 is 0 Å². The molecule has 2 fully saturated rings. The lowest BCUT2D eigenvalue weighted by atomic mass is 9.95. The molecule has 8 nitrogen and oxygen atoms in total. The maximum atomic E-state index is 12.7. The first-order valence-corrected chi connectivity index (χ1v) is 11.1. The summed E-state index contributed by atoms with van der Waals surface area (Å²) in [4.78, 5) is 25.0. The highest BCUT2D eigenvalue weighted by molar-refractivity contribution is 7.88. The topological polar surface area (TPSA) is 86.7 Å². The first kappa shape index (κ1) is 19.0. The average Bonchev–Trinajstić information content (AvgIpc) is 2.66. The minimum atomic E-state index is -3.40. The Kier molecular flexibility index (Phi) is 6.08. The Morgan fingerprint density at radius 2 is 1.73 bits per heavy atom. The molecule has 1 saturated heterocycles. The number of aromatic nitrogens is 2. The van der Waals surface area contributed by atoms with Gasteiger partial charge in [0.05, 0.1) is 12.8 Å². The molecule has 9 heteroatoms. The van der Waals surface area contributed by atoms with Crippen molar-refractivity contribution in [3.8, 4) is 0 Å². The lowest BCUT2D eigenvalue weighted by Gasteiger charge is -2.37. The van der Waals surface area contributed by atoms with Crippen molar-refractivity contribution in [2.24, 2.45) is 0 Å². The van der Waals surface area contributed by atoms with Crippen LogP contribution in [-0.2, 0) is 14.8 Å². The van der Waals surface area contributed by atoms with Crippen molar-refractivity contribution >= 4 is 21.9 Å². The van der Waals surface area contributed by atoms with Crippen LogP contribution in [0.15, 0.2) is 18.5 Å². The number of amides is 1. The van der Waals surface area contributed by atoms with Gasteiger partial charge < -0.3 is 9.80 Å². The van der Waals surface area contributed by atoms with Crippen LogP contribution in [0.1, 0.15) is 32.1 Å². The van der Waals surface area contributed by atoms with Crippen LogP contribution < -0.4 is 4.90 Å². The second-order valence-electron chi connectivity index (χ2n) is 7.02. The van der Waals surface area contributed by atoms with Crippen molar-refractivity contribution in [3.05, 3.63) is 18.5 Å². The summed E-state index contributed by atoms with van der Waals surface area (Å²) >= 11 is 0.